The molecule has 1 aromatic rings. The van der Waals surface area contributed by atoms with Crippen LogP contribution in [0.4, 0.5) is 0 Å². The van der Waals surface area contributed by atoms with Crippen LogP contribution in [0, 0.1) is 0 Å². The van der Waals surface area contributed by atoms with E-state index in [1.807, 2.05) is 0 Å². The van der Waals surface area contributed by atoms with Gasteiger partial charge < -0.3 is 0 Å². The second kappa shape index (κ2) is 5.40. The molecule has 1 aromatic carbocycles. The van der Waals surface area contributed by atoms with Gasteiger partial charge in [0.15, 0.2) is 0 Å². The van der Waals surface area contributed by atoms with Crippen LogP contribution in [0.25, 0.3) is 0 Å². The van der Waals surface area contributed by atoms with Crippen molar-refractivity contribution in [1.82, 2.24) is 9.80 Å². The molecule has 3 fully saturated rings. The van der Waals surface area contributed by atoms with Crippen LogP contribution in [0.1, 0.15) is 57.1 Å². The van der Waals surface area contributed by atoms with Gasteiger partial charge in [-0.2, -0.15) is 0 Å². The minimum absolute atomic E-state index is 0.462. The number of benzene rings is 1. The first-order valence-corrected chi connectivity index (χ1v) is 8.82. The Balaban J connectivity index is 1.64. The van der Waals surface area contributed by atoms with Gasteiger partial charge in [0.1, 0.15) is 0 Å². The minimum Gasteiger partial charge on any atom is -0.297 e. The van der Waals surface area contributed by atoms with E-state index in [0.717, 1.165) is 6.04 Å². The van der Waals surface area contributed by atoms with Crippen molar-refractivity contribution < 1.29 is 0 Å². The quantitative estimate of drug-likeness (QED) is 0.814. The fourth-order valence-corrected chi connectivity index (χ4v) is 4.71. The van der Waals surface area contributed by atoms with Crippen molar-refractivity contribution in [2.75, 3.05) is 19.6 Å². The number of hydrogen-bond acceptors (Lipinski definition) is 2. The van der Waals surface area contributed by atoms with Crippen molar-refractivity contribution in [3.63, 3.8) is 0 Å². The summed E-state index contributed by atoms with van der Waals surface area (Å²) in [5.74, 6) is 0. The monoisotopic (exact) mass is 284 g/mol. The predicted molar refractivity (Wildman–Crippen MR) is 87.4 cm³/mol. The number of fused-ring (bicyclic) bond motifs is 1. The van der Waals surface area contributed by atoms with E-state index in [4.69, 9.17) is 0 Å². The molecule has 0 bridgehead atoms. The fraction of sp³-hybridized carbons (Fsp3) is 0.684. The maximum absolute atomic E-state index is 2.87. The Morgan fingerprint density at radius 3 is 2.52 bits per heavy atom. The van der Waals surface area contributed by atoms with Gasteiger partial charge in [-0.25, -0.2) is 0 Å². The van der Waals surface area contributed by atoms with Crippen LogP contribution >= 0.6 is 0 Å². The largest absolute Gasteiger partial charge is 0.297 e. The van der Waals surface area contributed by atoms with E-state index in [2.05, 4.69) is 47.1 Å². The summed E-state index contributed by atoms with van der Waals surface area (Å²) >= 11 is 0. The van der Waals surface area contributed by atoms with Crippen LogP contribution in [0.15, 0.2) is 30.3 Å². The van der Waals surface area contributed by atoms with Gasteiger partial charge in [0.05, 0.1) is 0 Å². The number of rotatable bonds is 2. The number of piperidine rings is 1. The number of hydrogen-bond donors (Lipinski definition) is 0. The maximum atomic E-state index is 2.87. The first-order chi connectivity index (χ1) is 10.3. The fourth-order valence-electron chi connectivity index (χ4n) is 4.71. The van der Waals surface area contributed by atoms with E-state index >= 15 is 0 Å². The van der Waals surface area contributed by atoms with E-state index in [0.29, 0.717) is 11.6 Å². The SMILES string of the molecule is CC1(N2CC3CCCCN3CC2c2ccccc2)CCC1. The third-order valence-electron chi connectivity index (χ3n) is 6.25. The van der Waals surface area contributed by atoms with Crippen molar-refractivity contribution >= 4 is 0 Å². The topological polar surface area (TPSA) is 6.48 Å². The highest BCUT2D eigenvalue weighted by Gasteiger charge is 2.46. The van der Waals surface area contributed by atoms with Crippen LogP contribution in [0.3, 0.4) is 0 Å². The van der Waals surface area contributed by atoms with Gasteiger partial charge in [0, 0.05) is 30.7 Å². The van der Waals surface area contributed by atoms with Crippen molar-refractivity contribution in [3.05, 3.63) is 35.9 Å². The summed E-state index contributed by atoms with van der Waals surface area (Å²) < 4.78 is 0. The molecule has 2 unspecified atom stereocenters. The molecule has 2 aliphatic heterocycles. The molecule has 21 heavy (non-hydrogen) atoms. The molecule has 2 heterocycles. The number of piperazine rings is 1. The van der Waals surface area contributed by atoms with Crippen LogP contribution in [0.2, 0.25) is 0 Å². The van der Waals surface area contributed by atoms with Crippen molar-refractivity contribution in [2.24, 2.45) is 0 Å². The molecule has 0 spiro atoms. The highest BCUT2D eigenvalue weighted by Crippen LogP contribution is 2.45. The Morgan fingerprint density at radius 1 is 1.00 bits per heavy atom. The van der Waals surface area contributed by atoms with Gasteiger partial charge in [-0.1, -0.05) is 36.8 Å². The summed E-state index contributed by atoms with van der Waals surface area (Å²) in [6.07, 6.45) is 8.44. The lowest BCUT2D eigenvalue weighted by Crippen LogP contribution is -2.63. The Morgan fingerprint density at radius 2 is 1.81 bits per heavy atom. The third kappa shape index (κ3) is 2.43. The summed E-state index contributed by atoms with van der Waals surface area (Å²) in [5, 5.41) is 0. The second-order valence-corrected chi connectivity index (χ2v) is 7.57. The highest BCUT2D eigenvalue weighted by molar-refractivity contribution is 5.22. The van der Waals surface area contributed by atoms with Crippen molar-refractivity contribution in [1.29, 1.82) is 0 Å². The van der Waals surface area contributed by atoms with E-state index in [9.17, 15) is 0 Å². The van der Waals surface area contributed by atoms with Gasteiger partial charge in [-0.15, -0.1) is 0 Å². The van der Waals surface area contributed by atoms with E-state index in [1.165, 1.54) is 63.7 Å². The van der Waals surface area contributed by atoms with Gasteiger partial charge in [0.25, 0.3) is 0 Å². The van der Waals surface area contributed by atoms with Gasteiger partial charge >= 0.3 is 0 Å². The van der Waals surface area contributed by atoms with Gasteiger partial charge in [-0.05, 0) is 51.1 Å². The number of nitrogens with zero attached hydrogens (tertiary/aromatic N) is 2. The lowest BCUT2D eigenvalue weighted by molar-refractivity contribution is -0.0780. The molecule has 4 rings (SSSR count). The van der Waals surface area contributed by atoms with Crippen LogP contribution in [-0.2, 0) is 0 Å². The minimum atomic E-state index is 0.462. The Labute approximate surface area is 129 Å². The summed E-state index contributed by atoms with van der Waals surface area (Å²) in [6.45, 7) is 6.35. The normalized spacial score (nSPS) is 33.2. The molecule has 0 N–H and O–H groups in total. The third-order valence-corrected chi connectivity index (χ3v) is 6.25. The zero-order chi connectivity index (χ0) is 14.3. The molecular formula is C19H28N2. The first-order valence-electron chi connectivity index (χ1n) is 8.82. The highest BCUT2D eigenvalue weighted by atomic mass is 15.3. The molecular weight excluding hydrogens is 256 g/mol. The molecule has 2 nitrogen and oxygen atoms in total. The lowest BCUT2D eigenvalue weighted by atomic mass is 9.74. The standard InChI is InChI=1S/C19H28N2/c1-19(11-7-12-19)21-14-17-10-5-6-13-20(17)15-18(21)16-8-3-2-4-9-16/h2-4,8-9,17-18H,5-7,10-15H2,1H3. The first kappa shape index (κ1) is 13.8. The average molecular weight is 284 g/mol. The van der Waals surface area contributed by atoms with Crippen LogP contribution in [0.5, 0.6) is 0 Å². The molecule has 0 amide bonds. The van der Waals surface area contributed by atoms with Crippen molar-refractivity contribution in [3.8, 4) is 0 Å². The molecule has 2 heteroatoms. The zero-order valence-electron chi connectivity index (χ0n) is 13.3. The second-order valence-electron chi connectivity index (χ2n) is 7.57. The molecule has 2 saturated heterocycles. The molecule has 114 valence electrons. The van der Waals surface area contributed by atoms with E-state index in [-0.39, 0.29) is 0 Å². The van der Waals surface area contributed by atoms with Crippen molar-refractivity contribution in [2.45, 2.75) is 63.1 Å². The van der Waals surface area contributed by atoms with E-state index in [1.54, 1.807) is 0 Å². The zero-order valence-corrected chi connectivity index (χ0v) is 13.3. The lowest BCUT2D eigenvalue weighted by Gasteiger charge is -2.58. The molecule has 1 saturated carbocycles. The van der Waals surface area contributed by atoms with Gasteiger partial charge in [0.2, 0.25) is 0 Å². The smallest absolute Gasteiger partial charge is 0.0481 e. The molecule has 3 aliphatic rings. The predicted octanol–water partition coefficient (Wildman–Crippen LogP) is 3.84. The molecule has 0 radical (unpaired) electrons. The Bertz CT molecular complexity index is 480. The Kier molecular flexibility index (Phi) is 3.55. The van der Waals surface area contributed by atoms with Gasteiger partial charge in [-0.3, -0.25) is 9.80 Å². The van der Waals surface area contributed by atoms with E-state index < -0.39 is 0 Å². The summed E-state index contributed by atoms with van der Waals surface area (Å²) in [5.41, 5.74) is 1.99. The molecule has 2 atom stereocenters. The molecule has 1 aliphatic carbocycles. The summed E-state index contributed by atoms with van der Waals surface area (Å²) in [4.78, 5) is 5.65. The average Bonchev–Trinajstić information content (AvgIpc) is 2.52. The maximum Gasteiger partial charge on any atom is 0.0481 e. The van der Waals surface area contributed by atoms with Crippen LogP contribution < -0.4 is 0 Å². The summed E-state index contributed by atoms with van der Waals surface area (Å²) in [7, 11) is 0. The summed E-state index contributed by atoms with van der Waals surface area (Å²) in [6, 6.07) is 12.7. The van der Waals surface area contributed by atoms with Crippen LogP contribution in [-0.4, -0.2) is 41.0 Å². The molecule has 0 aromatic heterocycles. The Hall–Kier alpha value is -0.860.